The standard InChI is InChI=1S/C20H17FO.C6H7N/c1-12(22)14-3-2-13-4-7-18-17-9-6-16(21)10-15(17)5-8-19(18)20(13)11-14;1-2-4-6-7-5-3-1/h4,6-11,14H,2-3,5H2,1H3;1-7H. The molecule has 1 heterocycles. The third-order valence-electron chi connectivity index (χ3n) is 5.59. The molecule has 1 N–H and O–H groups in total. The van der Waals surface area contributed by atoms with E-state index in [9.17, 15) is 9.18 Å². The van der Waals surface area contributed by atoms with Crippen molar-refractivity contribution in [1.82, 2.24) is 5.32 Å². The Bertz CT molecular complexity index is 1140. The average molecular weight is 385 g/mol. The highest BCUT2D eigenvalue weighted by Crippen LogP contribution is 2.26. The number of hydrogen-bond donors (Lipinski definition) is 1. The number of ketones is 1. The molecule has 0 bridgehead atoms. The minimum Gasteiger partial charge on any atom is -0.368 e. The zero-order valence-electron chi connectivity index (χ0n) is 16.5. The van der Waals surface area contributed by atoms with E-state index >= 15 is 0 Å². The fourth-order valence-electron chi connectivity index (χ4n) is 4.08. The SMILES string of the molecule is C1=CC=CNC=C1.CC(=O)C1C=c2c(ccc3c2=CCc2cc(F)ccc2-3)CC1. The van der Waals surface area contributed by atoms with Crippen molar-refractivity contribution >= 4 is 17.9 Å². The van der Waals surface area contributed by atoms with E-state index in [0.717, 1.165) is 36.0 Å². The molecule has 0 fully saturated rings. The molecule has 29 heavy (non-hydrogen) atoms. The maximum absolute atomic E-state index is 13.4. The largest absolute Gasteiger partial charge is 0.368 e. The quantitative estimate of drug-likeness (QED) is 0.806. The highest BCUT2D eigenvalue weighted by Gasteiger charge is 2.19. The molecule has 0 radical (unpaired) electrons. The van der Waals surface area contributed by atoms with Gasteiger partial charge in [0, 0.05) is 18.3 Å². The third-order valence-corrected chi connectivity index (χ3v) is 5.59. The van der Waals surface area contributed by atoms with Crippen LogP contribution in [0.4, 0.5) is 4.39 Å². The molecule has 2 aromatic rings. The van der Waals surface area contributed by atoms with Crippen molar-refractivity contribution in [3.8, 4) is 11.1 Å². The maximum Gasteiger partial charge on any atom is 0.136 e. The van der Waals surface area contributed by atoms with Gasteiger partial charge in [-0.15, -0.1) is 0 Å². The van der Waals surface area contributed by atoms with Gasteiger partial charge in [0.25, 0.3) is 0 Å². The summed E-state index contributed by atoms with van der Waals surface area (Å²) in [6.45, 7) is 1.67. The van der Waals surface area contributed by atoms with Gasteiger partial charge in [0.15, 0.2) is 0 Å². The summed E-state index contributed by atoms with van der Waals surface area (Å²) in [5, 5.41) is 5.34. The second-order valence-electron chi connectivity index (χ2n) is 7.50. The van der Waals surface area contributed by atoms with Gasteiger partial charge in [0.2, 0.25) is 0 Å². The van der Waals surface area contributed by atoms with Crippen LogP contribution in [-0.2, 0) is 17.6 Å². The zero-order chi connectivity index (χ0) is 20.2. The van der Waals surface area contributed by atoms with Gasteiger partial charge in [-0.05, 0) is 83.2 Å². The predicted octanol–water partition coefficient (Wildman–Crippen LogP) is 3.93. The number of aryl methyl sites for hydroxylation is 1. The second-order valence-corrected chi connectivity index (χ2v) is 7.50. The number of nitrogens with one attached hydrogen (secondary N) is 1. The first kappa shape index (κ1) is 19.1. The molecule has 5 rings (SSSR count). The Balaban J connectivity index is 0.000000249. The number of allylic oxidation sites excluding steroid dienone is 4. The zero-order valence-corrected chi connectivity index (χ0v) is 16.5. The first-order chi connectivity index (χ1) is 14.1. The number of benzene rings is 2. The first-order valence-corrected chi connectivity index (χ1v) is 10.0. The molecule has 3 aliphatic rings. The van der Waals surface area contributed by atoms with Gasteiger partial charge in [-0.1, -0.05) is 42.5 Å². The molecule has 0 aromatic heterocycles. The van der Waals surface area contributed by atoms with Gasteiger partial charge in [0.05, 0.1) is 0 Å². The van der Waals surface area contributed by atoms with Crippen molar-refractivity contribution in [3.63, 3.8) is 0 Å². The smallest absolute Gasteiger partial charge is 0.136 e. The molecule has 2 aliphatic carbocycles. The van der Waals surface area contributed by atoms with E-state index in [4.69, 9.17) is 0 Å². The van der Waals surface area contributed by atoms with Crippen molar-refractivity contribution in [2.45, 2.75) is 26.2 Å². The van der Waals surface area contributed by atoms with Gasteiger partial charge in [-0.25, -0.2) is 4.39 Å². The van der Waals surface area contributed by atoms with Crippen LogP contribution in [0.1, 0.15) is 24.5 Å². The number of carbonyl (C=O) groups is 1. The summed E-state index contributed by atoms with van der Waals surface area (Å²) in [5.74, 6) is 0.0836. The van der Waals surface area contributed by atoms with E-state index in [0.29, 0.717) is 0 Å². The van der Waals surface area contributed by atoms with E-state index in [1.54, 1.807) is 13.0 Å². The Hall–Kier alpha value is -3.20. The summed E-state index contributed by atoms with van der Waals surface area (Å²) in [5.41, 5.74) is 4.62. The summed E-state index contributed by atoms with van der Waals surface area (Å²) in [7, 11) is 0. The monoisotopic (exact) mass is 385 g/mol. The molecule has 0 saturated heterocycles. The molecule has 146 valence electrons. The topological polar surface area (TPSA) is 29.1 Å². The highest BCUT2D eigenvalue weighted by atomic mass is 19.1. The molecule has 0 spiro atoms. The molecule has 2 nitrogen and oxygen atoms in total. The molecule has 0 amide bonds. The van der Waals surface area contributed by atoms with Crippen molar-refractivity contribution in [2.75, 3.05) is 0 Å². The molecular weight excluding hydrogens is 361 g/mol. The number of hydrogen-bond acceptors (Lipinski definition) is 2. The van der Waals surface area contributed by atoms with E-state index in [1.165, 1.54) is 22.1 Å². The third kappa shape index (κ3) is 4.14. The van der Waals surface area contributed by atoms with Crippen LogP contribution in [0.3, 0.4) is 0 Å². The minimum absolute atomic E-state index is 0.0296. The lowest BCUT2D eigenvalue weighted by Crippen LogP contribution is -2.36. The fraction of sp³-hybridized carbons (Fsp3) is 0.192. The Morgan fingerprint density at radius 1 is 0.966 bits per heavy atom. The van der Waals surface area contributed by atoms with Gasteiger partial charge in [-0.3, -0.25) is 4.79 Å². The van der Waals surface area contributed by atoms with Gasteiger partial charge < -0.3 is 5.32 Å². The molecule has 1 unspecified atom stereocenters. The van der Waals surface area contributed by atoms with E-state index in [2.05, 4.69) is 29.6 Å². The number of fused-ring (bicyclic) bond motifs is 5. The van der Waals surface area contributed by atoms with Crippen LogP contribution in [0.15, 0.2) is 67.0 Å². The lowest BCUT2D eigenvalue weighted by molar-refractivity contribution is -0.119. The van der Waals surface area contributed by atoms with E-state index in [-0.39, 0.29) is 17.5 Å². The van der Waals surface area contributed by atoms with Crippen molar-refractivity contribution in [2.24, 2.45) is 5.92 Å². The van der Waals surface area contributed by atoms with Gasteiger partial charge in [-0.2, -0.15) is 0 Å². The summed E-state index contributed by atoms with van der Waals surface area (Å²) in [6, 6.07) is 9.32. The summed E-state index contributed by atoms with van der Waals surface area (Å²) in [6.07, 6.45) is 18.5. The minimum atomic E-state index is -0.184. The summed E-state index contributed by atoms with van der Waals surface area (Å²) >= 11 is 0. The number of halogens is 1. The number of Topliss-reactive ketones (excluding diaryl/α,β-unsaturated/α-hetero) is 1. The lowest BCUT2D eigenvalue weighted by Gasteiger charge is -2.20. The number of carbonyl (C=O) groups excluding carboxylic acids is 1. The van der Waals surface area contributed by atoms with E-state index in [1.807, 2.05) is 42.8 Å². The molecular formula is C26H24FNO. The average Bonchev–Trinajstić information content (AvgIpc) is 3.06. The van der Waals surface area contributed by atoms with Gasteiger partial charge in [0.1, 0.15) is 11.6 Å². The summed E-state index contributed by atoms with van der Waals surface area (Å²) < 4.78 is 13.4. The fourth-order valence-corrected chi connectivity index (χ4v) is 4.08. The van der Waals surface area contributed by atoms with Crippen LogP contribution in [0.25, 0.3) is 23.3 Å². The van der Waals surface area contributed by atoms with Crippen LogP contribution >= 0.6 is 0 Å². The normalized spacial score (nSPS) is 17.8. The molecule has 0 saturated carbocycles. The van der Waals surface area contributed by atoms with Gasteiger partial charge >= 0.3 is 0 Å². The Kier molecular flexibility index (Phi) is 5.57. The highest BCUT2D eigenvalue weighted by molar-refractivity contribution is 5.85. The van der Waals surface area contributed by atoms with Crippen molar-refractivity contribution in [1.29, 1.82) is 0 Å². The molecule has 1 aliphatic heterocycles. The number of rotatable bonds is 1. The second kappa shape index (κ2) is 8.44. The predicted molar refractivity (Wildman–Crippen MR) is 117 cm³/mol. The van der Waals surface area contributed by atoms with Crippen LogP contribution in [0.5, 0.6) is 0 Å². The van der Waals surface area contributed by atoms with E-state index < -0.39 is 0 Å². The van der Waals surface area contributed by atoms with Crippen molar-refractivity contribution < 1.29 is 9.18 Å². The Morgan fingerprint density at radius 2 is 1.72 bits per heavy atom. The molecule has 1 atom stereocenters. The maximum atomic E-state index is 13.4. The Labute approximate surface area is 170 Å². The molecule has 2 aromatic carbocycles. The summed E-state index contributed by atoms with van der Waals surface area (Å²) in [4.78, 5) is 11.7. The van der Waals surface area contributed by atoms with Crippen LogP contribution in [0.2, 0.25) is 0 Å². The van der Waals surface area contributed by atoms with Crippen molar-refractivity contribution in [3.05, 3.63) is 94.4 Å². The molecule has 3 heteroatoms. The van der Waals surface area contributed by atoms with Crippen LogP contribution < -0.4 is 15.8 Å². The first-order valence-electron chi connectivity index (χ1n) is 10.0. The lowest BCUT2D eigenvalue weighted by atomic mass is 9.83. The Morgan fingerprint density at radius 3 is 2.48 bits per heavy atom. The van der Waals surface area contributed by atoms with Crippen LogP contribution in [0, 0.1) is 11.7 Å². The van der Waals surface area contributed by atoms with Crippen LogP contribution in [-0.4, -0.2) is 5.78 Å².